The summed E-state index contributed by atoms with van der Waals surface area (Å²) in [5, 5.41) is 0.693. The maximum atomic E-state index is 5.93. The van der Waals surface area contributed by atoms with Crippen molar-refractivity contribution in [2.45, 2.75) is 6.92 Å². The fraction of sp³-hybridized carbons (Fsp3) is 0.100. The van der Waals surface area contributed by atoms with Crippen molar-refractivity contribution in [3.05, 3.63) is 28.8 Å². The molecule has 0 aliphatic heterocycles. The summed E-state index contributed by atoms with van der Waals surface area (Å²) < 4.78 is 0. The van der Waals surface area contributed by atoms with Crippen LogP contribution in [0.4, 0.5) is 11.9 Å². The van der Waals surface area contributed by atoms with E-state index in [4.69, 9.17) is 23.1 Å². The van der Waals surface area contributed by atoms with Crippen molar-refractivity contribution in [2.24, 2.45) is 0 Å². The Hall–Kier alpha value is -1.88. The molecule has 1 aromatic carbocycles. The zero-order valence-electron chi connectivity index (χ0n) is 8.61. The molecule has 0 amide bonds. The maximum Gasteiger partial charge on any atom is 0.225 e. The third-order valence-corrected chi connectivity index (χ3v) is 2.51. The molecule has 2 aromatic rings. The summed E-state index contributed by atoms with van der Waals surface area (Å²) in [6.07, 6.45) is 0. The van der Waals surface area contributed by atoms with Crippen LogP contribution in [0, 0.1) is 6.92 Å². The standard InChI is InChI=1S/C10H10ClN5/c1-5-4-6(2-3-7(5)11)8-14-9(12)16-10(13)15-8/h2-4H,1H3,(H4,12,13,14,15,16). The van der Waals surface area contributed by atoms with E-state index < -0.39 is 0 Å². The Labute approximate surface area is 97.5 Å². The Morgan fingerprint density at radius 2 is 1.69 bits per heavy atom. The van der Waals surface area contributed by atoms with Gasteiger partial charge in [-0.2, -0.15) is 15.0 Å². The van der Waals surface area contributed by atoms with Gasteiger partial charge >= 0.3 is 0 Å². The Morgan fingerprint density at radius 1 is 1.06 bits per heavy atom. The smallest absolute Gasteiger partial charge is 0.225 e. The van der Waals surface area contributed by atoms with Crippen molar-refractivity contribution in [2.75, 3.05) is 11.5 Å². The van der Waals surface area contributed by atoms with Gasteiger partial charge in [-0.1, -0.05) is 11.6 Å². The number of nitrogens with two attached hydrogens (primary N) is 2. The fourth-order valence-electron chi connectivity index (χ4n) is 1.32. The van der Waals surface area contributed by atoms with Gasteiger partial charge in [0.1, 0.15) is 0 Å². The van der Waals surface area contributed by atoms with E-state index in [2.05, 4.69) is 15.0 Å². The highest BCUT2D eigenvalue weighted by atomic mass is 35.5. The highest BCUT2D eigenvalue weighted by molar-refractivity contribution is 6.31. The second-order valence-electron chi connectivity index (χ2n) is 3.34. The predicted molar refractivity (Wildman–Crippen MR) is 63.8 cm³/mol. The topological polar surface area (TPSA) is 90.7 Å². The molecule has 2 rings (SSSR count). The van der Waals surface area contributed by atoms with E-state index in [1.165, 1.54) is 0 Å². The largest absolute Gasteiger partial charge is 0.368 e. The van der Waals surface area contributed by atoms with E-state index in [1.807, 2.05) is 19.1 Å². The third kappa shape index (κ3) is 2.04. The number of aryl methyl sites for hydroxylation is 1. The summed E-state index contributed by atoms with van der Waals surface area (Å²) >= 11 is 5.93. The summed E-state index contributed by atoms with van der Waals surface area (Å²) in [6, 6.07) is 5.46. The number of halogens is 1. The fourth-order valence-corrected chi connectivity index (χ4v) is 1.44. The van der Waals surface area contributed by atoms with Crippen LogP contribution in [0.15, 0.2) is 18.2 Å². The molecule has 82 valence electrons. The number of rotatable bonds is 1. The molecule has 0 fully saturated rings. The third-order valence-electron chi connectivity index (χ3n) is 2.09. The maximum absolute atomic E-state index is 5.93. The van der Waals surface area contributed by atoms with Gasteiger partial charge in [0.2, 0.25) is 11.9 Å². The Kier molecular flexibility index (Phi) is 2.62. The van der Waals surface area contributed by atoms with E-state index in [9.17, 15) is 0 Å². The molecule has 1 aromatic heterocycles. The van der Waals surface area contributed by atoms with Gasteiger partial charge in [0, 0.05) is 10.6 Å². The van der Waals surface area contributed by atoms with Crippen LogP contribution in [0.5, 0.6) is 0 Å². The molecule has 0 radical (unpaired) electrons. The second kappa shape index (κ2) is 3.94. The minimum Gasteiger partial charge on any atom is -0.368 e. The first-order valence-electron chi connectivity index (χ1n) is 4.60. The van der Waals surface area contributed by atoms with Crippen molar-refractivity contribution in [1.82, 2.24) is 15.0 Å². The lowest BCUT2D eigenvalue weighted by Gasteiger charge is -2.04. The summed E-state index contributed by atoms with van der Waals surface area (Å²) in [5.41, 5.74) is 12.7. The number of hydrogen-bond acceptors (Lipinski definition) is 5. The number of benzene rings is 1. The lowest BCUT2D eigenvalue weighted by Crippen LogP contribution is -2.04. The first-order chi connectivity index (χ1) is 7.56. The van der Waals surface area contributed by atoms with Crippen LogP contribution in [-0.2, 0) is 0 Å². The quantitative estimate of drug-likeness (QED) is 0.785. The molecule has 5 nitrogen and oxygen atoms in total. The van der Waals surface area contributed by atoms with Gasteiger partial charge in [0.25, 0.3) is 0 Å². The van der Waals surface area contributed by atoms with Crippen LogP contribution >= 0.6 is 11.6 Å². The van der Waals surface area contributed by atoms with E-state index in [-0.39, 0.29) is 11.9 Å². The molecule has 0 spiro atoms. The van der Waals surface area contributed by atoms with E-state index >= 15 is 0 Å². The van der Waals surface area contributed by atoms with Crippen molar-refractivity contribution >= 4 is 23.5 Å². The lowest BCUT2D eigenvalue weighted by molar-refractivity contribution is 1.09. The molecular weight excluding hydrogens is 226 g/mol. The van der Waals surface area contributed by atoms with E-state index in [0.717, 1.165) is 11.1 Å². The summed E-state index contributed by atoms with van der Waals surface area (Å²) in [4.78, 5) is 11.7. The molecule has 16 heavy (non-hydrogen) atoms. The van der Waals surface area contributed by atoms with Crippen LogP contribution in [0.25, 0.3) is 11.4 Å². The van der Waals surface area contributed by atoms with Crippen LogP contribution in [0.2, 0.25) is 5.02 Å². The molecule has 0 aliphatic rings. The molecule has 0 saturated heterocycles. The Bertz CT molecular complexity index is 520. The SMILES string of the molecule is Cc1cc(-c2nc(N)nc(N)n2)ccc1Cl. The normalized spacial score (nSPS) is 10.4. The number of nitrogen functional groups attached to an aromatic ring is 2. The first kappa shape index (κ1) is 10.6. The average molecular weight is 236 g/mol. The summed E-state index contributed by atoms with van der Waals surface area (Å²) in [7, 11) is 0. The van der Waals surface area contributed by atoms with E-state index in [1.54, 1.807) is 6.07 Å². The van der Waals surface area contributed by atoms with Crippen LogP contribution < -0.4 is 11.5 Å². The highest BCUT2D eigenvalue weighted by Gasteiger charge is 2.06. The van der Waals surface area contributed by atoms with Crippen molar-refractivity contribution < 1.29 is 0 Å². The average Bonchev–Trinajstić information content (AvgIpc) is 2.20. The van der Waals surface area contributed by atoms with Crippen molar-refractivity contribution in [3.63, 3.8) is 0 Å². The lowest BCUT2D eigenvalue weighted by atomic mass is 10.1. The molecule has 0 saturated carbocycles. The molecule has 6 heteroatoms. The summed E-state index contributed by atoms with van der Waals surface area (Å²) in [5.74, 6) is 0.662. The van der Waals surface area contributed by atoms with Crippen LogP contribution in [0.1, 0.15) is 5.56 Å². The molecule has 4 N–H and O–H groups in total. The van der Waals surface area contributed by atoms with Gasteiger partial charge in [-0.25, -0.2) is 0 Å². The number of nitrogens with zero attached hydrogens (tertiary/aromatic N) is 3. The molecule has 0 atom stereocenters. The predicted octanol–water partition coefficient (Wildman–Crippen LogP) is 1.66. The number of hydrogen-bond donors (Lipinski definition) is 2. The monoisotopic (exact) mass is 235 g/mol. The Morgan fingerprint density at radius 3 is 2.25 bits per heavy atom. The van der Waals surface area contributed by atoms with Gasteiger partial charge in [-0.15, -0.1) is 0 Å². The second-order valence-corrected chi connectivity index (χ2v) is 3.75. The van der Waals surface area contributed by atoms with E-state index in [0.29, 0.717) is 10.8 Å². The molecule has 0 bridgehead atoms. The molecule has 0 unspecified atom stereocenters. The molecule has 0 aliphatic carbocycles. The van der Waals surface area contributed by atoms with Gasteiger partial charge in [0.15, 0.2) is 5.82 Å². The number of anilines is 2. The zero-order valence-corrected chi connectivity index (χ0v) is 9.36. The van der Waals surface area contributed by atoms with Crippen molar-refractivity contribution in [3.8, 4) is 11.4 Å². The van der Waals surface area contributed by atoms with Crippen molar-refractivity contribution in [1.29, 1.82) is 0 Å². The minimum absolute atomic E-state index is 0.107. The van der Waals surface area contributed by atoms with Gasteiger partial charge in [-0.05, 0) is 30.7 Å². The Balaban J connectivity index is 2.54. The molecular formula is C10H10ClN5. The molecule has 1 heterocycles. The van der Waals surface area contributed by atoms with Crippen LogP contribution in [0.3, 0.4) is 0 Å². The first-order valence-corrected chi connectivity index (χ1v) is 4.97. The highest BCUT2D eigenvalue weighted by Crippen LogP contribution is 2.22. The van der Waals surface area contributed by atoms with Crippen LogP contribution in [-0.4, -0.2) is 15.0 Å². The summed E-state index contributed by atoms with van der Waals surface area (Å²) in [6.45, 7) is 1.90. The van der Waals surface area contributed by atoms with Gasteiger partial charge < -0.3 is 11.5 Å². The van der Waals surface area contributed by atoms with Gasteiger partial charge in [0.05, 0.1) is 0 Å². The minimum atomic E-state index is 0.107. The van der Waals surface area contributed by atoms with Gasteiger partial charge in [-0.3, -0.25) is 0 Å². The zero-order chi connectivity index (χ0) is 11.7. The number of aromatic nitrogens is 3.